The minimum Gasteiger partial charge on any atom is -0.469 e. The van der Waals surface area contributed by atoms with Gasteiger partial charge in [0, 0.05) is 24.0 Å². The van der Waals surface area contributed by atoms with Gasteiger partial charge >= 0.3 is 11.9 Å². The first-order valence-corrected chi connectivity index (χ1v) is 19.1. The van der Waals surface area contributed by atoms with Crippen LogP contribution in [0.1, 0.15) is 111 Å². The Labute approximate surface area is 323 Å². The van der Waals surface area contributed by atoms with Crippen LogP contribution < -0.4 is 0 Å². The average Bonchev–Trinajstić information content (AvgIpc) is 3.80. The highest BCUT2D eigenvalue weighted by molar-refractivity contribution is 9.11. The van der Waals surface area contributed by atoms with Gasteiger partial charge in [-0.3, -0.25) is 9.59 Å². The molecule has 14 heteroatoms. The molecular formula is C36H38Br4N4O6. The van der Waals surface area contributed by atoms with E-state index in [1.54, 1.807) is 13.8 Å². The zero-order valence-electron chi connectivity index (χ0n) is 28.9. The monoisotopic (exact) mass is 938 g/mol. The zero-order valence-corrected chi connectivity index (χ0v) is 35.3. The molecular weight excluding hydrogens is 904 g/mol. The van der Waals surface area contributed by atoms with Crippen LogP contribution in [0.25, 0.3) is 44.4 Å². The Morgan fingerprint density at radius 2 is 0.980 bits per heavy atom. The third kappa shape index (κ3) is 6.71. The molecule has 0 radical (unpaired) electrons. The summed E-state index contributed by atoms with van der Waals surface area (Å²) >= 11 is 15.4. The summed E-state index contributed by atoms with van der Waals surface area (Å²) in [5.41, 5.74) is 11.5. The van der Waals surface area contributed by atoms with Crippen molar-refractivity contribution in [3.8, 4) is 0 Å². The number of hydrogen-bond acceptors (Lipinski definition) is 8. The van der Waals surface area contributed by atoms with Gasteiger partial charge < -0.3 is 29.7 Å². The van der Waals surface area contributed by atoms with E-state index in [0.717, 1.165) is 38.9 Å². The Kier molecular flexibility index (Phi) is 11.7. The van der Waals surface area contributed by atoms with Crippen molar-refractivity contribution >= 4 is 120 Å². The van der Waals surface area contributed by atoms with Gasteiger partial charge in [-0.15, -0.1) is 0 Å². The lowest BCUT2D eigenvalue weighted by molar-refractivity contribution is -0.141. The largest absolute Gasteiger partial charge is 0.469 e. The molecule has 3 aromatic heterocycles. The van der Waals surface area contributed by atoms with E-state index in [1.807, 2.05) is 27.7 Å². The molecule has 0 saturated carbocycles. The second-order valence-corrected chi connectivity index (χ2v) is 15.6. The number of hydrogen-bond donors (Lipinski definition) is 4. The minimum absolute atomic E-state index is 0.132. The van der Waals surface area contributed by atoms with Crippen molar-refractivity contribution in [2.75, 3.05) is 14.2 Å². The number of esters is 2. The Morgan fingerprint density at radius 3 is 1.36 bits per heavy atom. The van der Waals surface area contributed by atoms with Crippen molar-refractivity contribution < 1.29 is 29.3 Å². The summed E-state index contributed by atoms with van der Waals surface area (Å²) in [6, 6.07) is 0. The number of rotatable bonds is 8. The second kappa shape index (κ2) is 15.2. The molecule has 3 aromatic rings. The van der Waals surface area contributed by atoms with Gasteiger partial charge in [0.2, 0.25) is 0 Å². The van der Waals surface area contributed by atoms with Crippen LogP contribution in [0.2, 0.25) is 0 Å². The molecule has 0 amide bonds. The van der Waals surface area contributed by atoms with Crippen LogP contribution >= 0.6 is 63.7 Å². The van der Waals surface area contributed by atoms with Crippen LogP contribution in [0.15, 0.2) is 17.9 Å². The predicted octanol–water partition coefficient (Wildman–Crippen LogP) is 9.86. The highest BCUT2D eigenvalue weighted by Crippen LogP contribution is 2.47. The van der Waals surface area contributed by atoms with E-state index in [9.17, 15) is 19.8 Å². The zero-order chi connectivity index (χ0) is 36.9. The maximum absolute atomic E-state index is 12.4. The highest BCUT2D eigenvalue weighted by atomic mass is 79.9. The van der Waals surface area contributed by atoms with E-state index in [4.69, 9.17) is 19.4 Å². The van der Waals surface area contributed by atoms with Crippen molar-refractivity contribution in [2.45, 2.75) is 79.4 Å². The van der Waals surface area contributed by atoms with E-state index in [0.29, 0.717) is 81.2 Å². The van der Waals surface area contributed by atoms with Crippen molar-refractivity contribution in [3.05, 3.63) is 62.9 Å². The topological polar surface area (TPSA) is 150 Å². The Morgan fingerprint density at radius 1 is 0.620 bits per heavy atom. The molecule has 10 nitrogen and oxygen atoms in total. The van der Waals surface area contributed by atoms with Crippen LogP contribution in [-0.4, -0.2) is 56.3 Å². The predicted molar refractivity (Wildman–Crippen MR) is 210 cm³/mol. The third-order valence-electron chi connectivity index (χ3n) is 9.39. The van der Waals surface area contributed by atoms with Gasteiger partial charge in [-0.25, -0.2) is 9.97 Å². The number of ether oxygens (including phenoxy) is 2. The molecule has 4 N–H and O–H groups in total. The van der Waals surface area contributed by atoms with Crippen LogP contribution in [0.3, 0.4) is 0 Å². The smallest absolute Gasteiger partial charge is 0.305 e. The Balaban J connectivity index is 2.07. The highest BCUT2D eigenvalue weighted by Gasteiger charge is 2.30. The standard InChI is InChI=1S/C36H38Br4N4O6/c1-13-19(9-11-21(47)49-7)33-28(40)34-20(10-12-22(48)50-8)14(2)30(42-34)26(38)35-24(18(6)46)16(4)32(44-35)27(39)36-23(17(5)45)15(3)31(43-36)25(37)29(13)41-33/h17-18,43-46H,9-12H2,1-8H3. The first kappa shape index (κ1) is 38.6. The summed E-state index contributed by atoms with van der Waals surface area (Å²) in [4.78, 5) is 42.1. The third-order valence-corrected chi connectivity index (χ3v) is 12.5. The number of aryl methyl sites for hydroxylation is 2. The van der Waals surface area contributed by atoms with Gasteiger partial charge in [-0.05, 0) is 152 Å². The van der Waals surface area contributed by atoms with Gasteiger partial charge in [0.15, 0.2) is 0 Å². The van der Waals surface area contributed by atoms with Crippen LogP contribution in [0, 0.1) is 13.8 Å². The number of carbonyl (C=O) groups excluding carboxylic acids is 2. The van der Waals surface area contributed by atoms with E-state index in [1.165, 1.54) is 14.2 Å². The number of methoxy groups -OCH3 is 2. The molecule has 2 aliphatic heterocycles. The molecule has 0 aliphatic carbocycles. The van der Waals surface area contributed by atoms with Crippen LogP contribution in [0.5, 0.6) is 0 Å². The van der Waals surface area contributed by atoms with Crippen molar-refractivity contribution in [1.29, 1.82) is 0 Å². The SMILES string of the molecule is COC(=O)CCC1=C(C)c2nc1c(Br)c1nc(c(Br)c3[nH]c(c(C)c3C(C)O)c(Br)c3[nH]c(c(C)c3C(C)O)c2Br)C(C)=C1CCC(=O)OC. The van der Waals surface area contributed by atoms with Crippen molar-refractivity contribution in [2.24, 2.45) is 0 Å². The van der Waals surface area contributed by atoms with Gasteiger partial charge in [0.25, 0.3) is 0 Å². The number of nitrogens with one attached hydrogen (secondary N) is 2. The Bertz CT molecular complexity index is 2180. The lowest BCUT2D eigenvalue weighted by Gasteiger charge is -2.09. The fraction of sp³-hybridized carbons (Fsp3) is 0.389. The first-order chi connectivity index (χ1) is 23.5. The van der Waals surface area contributed by atoms with Crippen LogP contribution in [0.4, 0.5) is 0 Å². The van der Waals surface area contributed by atoms with Crippen LogP contribution in [-0.2, 0) is 19.1 Å². The molecule has 0 spiro atoms. The average molecular weight is 942 g/mol. The number of halogens is 4. The summed E-state index contributed by atoms with van der Waals surface area (Å²) in [5.74, 6) is -0.699. The maximum Gasteiger partial charge on any atom is 0.305 e. The molecule has 2 atom stereocenters. The lowest BCUT2D eigenvalue weighted by Crippen LogP contribution is -2.01. The number of aliphatic hydroxyl groups excluding tert-OH is 2. The quantitative estimate of drug-likeness (QED) is 0.163. The number of fused-ring (bicyclic) bond motifs is 8. The summed E-state index contributed by atoms with van der Waals surface area (Å²) in [5, 5.41) is 22.2. The van der Waals surface area contributed by atoms with Gasteiger partial charge in [0.1, 0.15) is 0 Å². The number of H-pyrrole nitrogens is 2. The number of allylic oxidation sites excluding steroid dienone is 4. The Hall–Kier alpha value is -2.62. The van der Waals surface area contributed by atoms with E-state index >= 15 is 0 Å². The van der Waals surface area contributed by atoms with Crippen molar-refractivity contribution in [3.63, 3.8) is 0 Å². The number of carbonyl (C=O) groups is 2. The molecule has 50 heavy (non-hydrogen) atoms. The lowest BCUT2D eigenvalue weighted by atomic mass is 9.98. The first-order valence-electron chi connectivity index (χ1n) is 15.9. The molecule has 5 heterocycles. The number of nitrogens with zero attached hydrogens (tertiary/aromatic N) is 2. The van der Waals surface area contributed by atoms with Crippen molar-refractivity contribution in [1.82, 2.24) is 19.9 Å². The summed E-state index contributed by atoms with van der Waals surface area (Å²) in [6.07, 6.45) is -0.702. The van der Waals surface area contributed by atoms with E-state index in [-0.39, 0.29) is 24.8 Å². The molecule has 2 aliphatic rings. The van der Waals surface area contributed by atoms with Gasteiger partial charge in [-0.1, -0.05) is 0 Å². The normalized spacial score (nSPS) is 14.4. The molecule has 0 aromatic carbocycles. The fourth-order valence-corrected chi connectivity index (χ4v) is 9.59. The molecule has 266 valence electrons. The molecule has 8 bridgehead atoms. The van der Waals surface area contributed by atoms with E-state index in [2.05, 4.69) is 73.7 Å². The minimum atomic E-state index is -0.844. The molecule has 0 saturated heterocycles. The number of aromatic amines is 2. The number of aromatic nitrogens is 4. The van der Waals surface area contributed by atoms with E-state index < -0.39 is 12.2 Å². The summed E-state index contributed by atoms with van der Waals surface area (Å²) in [6.45, 7) is 11.2. The molecule has 5 rings (SSSR count). The maximum atomic E-state index is 12.4. The molecule has 0 fully saturated rings. The second-order valence-electron chi connectivity index (χ2n) is 12.4. The van der Waals surface area contributed by atoms with Gasteiger partial charge in [-0.2, -0.15) is 0 Å². The number of aliphatic hydroxyl groups is 2. The summed E-state index contributed by atoms with van der Waals surface area (Å²) in [7, 11) is 2.72. The summed E-state index contributed by atoms with van der Waals surface area (Å²) < 4.78 is 12.5. The fourth-order valence-electron chi connectivity index (χ4n) is 6.75. The van der Waals surface area contributed by atoms with Gasteiger partial charge in [0.05, 0.1) is 89.2 Å². The molecule has 2 unspecified atom stereocenters.